The lowest BCUT2D eigenvalue weighted by atomic mass is 9.97. The second-order valence-electron chi connectivity index (χ2n) is 5.47. The summed E-state index contributed by atoms with van der Waals surface area (Å²) in [5.74, 6) is -1.60. The molecule has 0 aromatic heterocycles. The topological polar surface area (TPSA) is 46.3 Å². The van der Waals surface area contributed by atoms with Crippen molar-refractivity contribution in [2.45, 2.75) is 31.9 Å². The minimum atomic E-state index is -4.22. The van der Waals surface area contributed by atoms with Crippen LogP contribution in [0.4, 0.5) is 18.9 Å². The van der Waals surface area contributed by atoms with Crippen LogP contribution in [-0.4, -0.2) is 30.1 Å². The van der Waals surface area contributed by atoms with E-state index < -0.39 is 12.1 Å². The van der Waals surface area contributed by atoms with E-state index in [0.29, 0.717) is 25.1 Å². The number of hydrogen-bond donors (Lipinski definition) is 1. The van der Waals surface area contributed by atoms with Gasteiger partial charge in [-0.05, 0) is 37.0 Å². The third kappa shape index (κ3) is 4.37. The Balaban J connectivity index is 1.88. The van der Waals surface area contributed by atoms with Crippen LogP contribution in [0.2, 0.25) is 0 Å². The zero-order valence-electron chi connectivity index (χ0n) is 11.7. The maximum Gasteiger partial charge on any atom is 0.393 e. The second-order valence-corrected chi connectivity index (χ2v) is 5.47. The number of halogens is 3. The summed E-state index contributed by atoms with van der Waals surface area (Å²) < 4.78 is 38.2. The number of aryl methyl sites for hydroxylation is 1. The van der Waals surface area contributed by atoms with Crippen molar-refractivity contribution < 1.29 is 18.0 Å². The Hall–Kier alpha value is -1.72. The van der Waals surface area contributed by atoms with Gasteiger partial charge in [0, 0.05) is 25.2 Å². The lowest BCUT2D eigenvalue weighted by Gasteiger charge is -2.33. The Labute approximate surface area is 121 Å². The average molecular weight is 300 g/mol. The molecule has 1 atom stereocenters. The summed E-state index contributed by atoms with van der Waals surface area (Å²) in [5.41, 5.74) is 7.20. The molecule has 3 nitrogen and oxygen atoms in total. The average Bonchev–Trinajstić information content (AvgIpc) is 2.44. The van der Waals surface area contributed by atoms with E-state index in [0.717, 1.165) is 5.56 Å². The number of anilines is 1. The lowest BCUT2D eigenvalue weighted by molar-refractivity contribution is -0.188. The van der Waals surface area contributed by atoms with Gasteiger partial charge in [0.05, 0.1) is 5.92 Å². The van der Waals surface area contributed by atoms with E-state index in [-0.39, 0.29) is 25.3 Å². The fourth-order valence-corrected chi connectivity index (χ4v) is 2.63. The number of carbonyl (C=O) groups is 1. The first-order valence-corrected chi connectivity index (χ1v) is 7.05. The highest BCUT2D eigenvalue weighted by molar-refractivity contribution is 5.76. The number of carbonyl (C=O) groups excluding carboxylic acids is 1. The number of benzene rings is 1. The first kappa shape index (κ1) is 15.7. The molecule has 1 heterocycles. The van der Waals surface area contributed by atoms with Gasteiger partial charge in [-0.15, -0.1) is 0 Å². The summed E-state index contributed by atoms with van der Waals surface area (Å²) in [7, 11) is 0. The van der Waals surface area contributed by atoms with E-state index in [1.165, 1.54) is 4.90 Å². The fraction of sp³-hybridized carbons (Fsp3) is 0.533. The Morgan fingerprint density at radius 3 is 2.81 bits per heavy atom. The highest BCUT2D eigenvalue weighted by Gasteiger charge is 2.42. The predicted octanol–water partition coefficient (Wildman–Crippen LogP) is 3.00. The van der Waals surface area contributed by atoms with E-state index >= 15 is 0 Å². The first-order chi connectivity index (χ1) is 9.86. The maximum atomic E-state index is 12.7. The van der Waals surface area contributed by atoms with Gasteiger partial charge < -0.3 is 10.6 Å². The number of nitrogens with zero attached hydrogens (tertiary/aromatic N) is 1. The minimum Gasteiger partial charge on any atom is -0.399 e. The molecule has 0 aliphatic carbocycles. The molecule has 2 N–H and O–H groups in total. The molecular formula is C15H19F3N2O. The quantitative estimate of drug-likeness (QED) is 0.872. The predicted molar refractivity (Wildman–Crippen MR) is 74.5 cm³/mol. The summed E-state index contributed by atoms with van der Waals surface area (Å²) >= 11 is 0. The van der Waals surface area contributed by atoms with Crippen molar-refractivity contribution in [2.75, 3.05) is 18.8 Å². The van der Waals surface area contributed by atoms with Gasteiger partial charge in [0.2, 0.25) is 5.91 Å². The summed E-state index contributed by atoms with van der Waals surface area (Å²) in [6, 6.07) is 7.19. The Morgan fingerprint density at radius 1 is 1.38 bits per heavy atom. The van der Waals surface area contributed by atoms with E-state index in [1.807, 2.05) is 6.07 Å². The molecule has 1 aromatic carbocycles. The molecule has 0 spiro atoms. The van der Waals surface area contributed by atoms with Crippen LogP contribution in [0, 0.1) is 5.92 Å². The summed E-state index contributed by atoms with van der Waals surface area (Å²) in [4.78, 5) is 13.4. The third-order valence-electron chi connectivity index (χ3n) is 3.82. The number of nitrogens with two attached hydrogens (primary N) is 1. The van der Waals surface area contributed by atoms with Gasteiger partial charge in [-0.25, -0.2) is 0 Å². The van der Waals surface area contributed by atoms with Crippen molar-refractivity contribution in [2.24, 2.45) is 5.92 Å². The third-order valence-corrected chi connectivity index (χ3v) is 3.82. The van der Waals surface area contributed by atoms with Crippen LogP contribution in [0.1, 0.15) is 24.8 Å². The Morgan fingerprint density at radius 2 is 2.14 bits per heavy atom. The molecule has 1 aliphatic heterocycles. The molecule has 116 valence electrons. The molecular weight excluding hydrogens is 281 g/mol. The van der Waals surface area contributed by atoms with Crippen LogP contribution >= 0.6 is 0 Å². The number of likely N-dealkylation sites (tertiary alicyclic amines) is 1. The molecule has 1 amide bonds. The van der Waals surface area contributed by atoms with E-state index in [1.54, 1.807) is 18.2 Å². The largest absolute Gasteiger partial charge is 0.399 e. The van der Waals surface area contributed by atoms with Crippen LogP contribution in [0.5, 0.6) is 0 Å². The molecule has 0 saturated carbocycles. The molecule has 1 aliphatic rings. The highest BCUT2D eigenvalue weighted by Crippen LogP contribution is 2.33. The summed E-state index contributed by atoms with van der Waals surface area (Å²) in [5, 5.41) is 0. The molecule has 0 radical (unpaired) electrons. The van der Waals surface area contributed by atoms with Crippen molar-refractivity contribution in [3.05, 3.63) is 29.8 Å². The summed E-state index contributed by atoms with van der Waals surface area (Å²) in [6.07, 6.45) is -2.98. The van der Waals surface area contributed by atoms with Gasteiger partial charge >= 0.3 is 6.18 Å². The number of hydrogen-bond acceptors (Lipinski definition) is 2. The SMILES string of the molecule is Nc1cccc(CCC(=O)N2CCCC(C(F)(F)F)C2)c1. The van der Waals surface area contributed by atoms with Gasteiger partial charge in [-0.3, -0.25) is 4.79 Å². The Bertz CT molecular complexity index is 502. The second kappa shape index (κ2) is 6.37. The zero-order valence-corrected chi connectivity index (χ0v) is 11.7. The molecule has 1 unspecified atom stereocenters. The molecule has 0 bridgehead atoms. The molecule has 1 aromatic rings. The van der Waals surface area contributed by atoms with Crippen LogP contribution in [0.25, 0.3) is 0 Å². The van der Waals surface area contributed by atoms with Gasteiger partial charge in [0.25, 0.3) is 0 Å². The van der Waals surface area contributed by atoms with E-state index in [4.69, 9.17) is 5.73 Å². The van der Waals surface area contributed by atoms with Crippen molar-refractivity contribution in [3.63, 3.8) is 0 Å². The number of alkyl halides is 3. The van der Waals surface area contributed by atoms with Gasteiger partial charge in [0.1, 0.15) is 0 Å². The van der Waals surface area contributed by atoms with Crippen molar-refractivity contribution in [1.82, 2.24) is 4.90 Å². The fourth-order valence-electron chi connectivity index (χ4n) is 2.63. The minimum absolute atomic E-state index is 0.114. The number of nitrogen functional groups attached to an aromatic ring is 1. The van der Waals surface area contributed by atoms with Crippen molar-refractivity contribution in [3.8, 4) is 0 Å². The van der Waals surface area contributed by atoms with E-state index in [2.05, 4.69) is 0 Å². The van der Waals surface area contributed by atoms with Crippen LogP contribution < -0.4 is 5.73 Å². The zero-order chi connectivity index (χ0) is 15.5. The van der Waals surface area contributed by atoms with Crippen LogP contribution in [0.3, 0.4) is 0 Å². The van der Waals surface area contributed by atoms with Crippen LogP contribution in [0.15, 0.2) is 24.3 Å². The molecule has 21 heavy (non-hydrogen) atoms. The van der Waals surface area contributed by atoms with Gasteiger partial charge in [-0.2, -0.15) is 13.2 Å². The normalized spacial score (nSPS) is 19.6. The molecule has 1 saturated heterocycles. The lowest BCUT2D eigenvalue weighted by Crippen LogP contribution is -2.44. The smallest absolute Gasteiger partial charge is 0.393 e. The highest BCUT2D eigenvalue weighted by atomic mass is 19.4. The van der Waals surface area contributed by atoms with Gasteiger partial charge in [-0.1, -0.05) is 12.1 Å². The number of piperidine rings is 1. The standard InChI is InChI=1S/C15H19F3N2O/c16-15(17,18)12-4-2-8-20(10-12)14(21)7-6-11-3-1-5-13(19)9-11/h1,3,5,9,12H,2,4,6-8,10,19H2. The van der Waals surface area contributed by atoms with E-state index in [9.17, 15) is 18.0 Å². The number of rotatable bonds is 3. The summed E-state index contributed by atoms with van der Waals surface area (Å²) in [6.45, 7) is 0.210. The van der Waals surface area contributed by atoms with Crippen LogP contribution in [-0.2, 0) is 11.2 Å². The Kier molecular flexibility index (Phi) is 4.75. The molecule has 1 fully saturated rings. The number of amides is 1. The van der Waals surface area contributed by atoms with Gasteiger partial charge in [0.15, 0.2) is 0 Å². The van der Waals surface area contributed by atoms with Crippen molar-refractivity contribution in [1.29, 1.82) is 0 Å². The molecule has 2 rings (SSSR count). The maximum absolute atomic E-state index is 12.7. The first-order valence-electron chi connectivity index (χ1n) is 7.05. The monoisotopic (exact) mass is 300 g/mol. The van der Waals surface area contributed by atoms with Crippen molar-refractivity contribution >= 4 is 11.6 Å². The molecule has 6 heteroatoms.